The van der Waals surface area contributed by atoms with Gasteiger partial charge in [-0.1, -0.05) is 0 Å². The summed E-state index contributed by atoms with van der Waals surface area (Å²) >= 11 is 0. The largest absolute Gasteiger partial charge is 0.467 e. The Labute approximate surface area is 89.0 Å². The van der Waals surface area contributed by atoms with Crippen molar-refractivity contribution in [1.29, 1.82) is 0 Å². The Bertz CT molecular complexity index is 240. The van der Waals surface area contributed by atoms with Crippen molar-refractivity contribution in [1.82, 2.24) is 10.6 Å². The molecule has 1 unspecified atom stereocenters. The van der Waals surface area contributed by atoms with Crippen LogP contribution in [0.3, 0.4) is 0 Å². The average Bonchev–Trinajstić information content (AvgIpc) is 2.23. The van der Waals surface area contributed by atoms with E-state index in [0.717, 1.165) is 0 Å². The first-order chi connectivity index (χ1) is 6.85. The predicted molar refractivity (Wildman–Crippen MR) is 54.2 cm³/mol. The van der Waals surface area contributed by atoms with Crippen molar-refractivity contribution < 1.29 is 19.4 Å². The van der Waals surface area contributed by atoms with Crippen LogP contribution in [0.15, 0.2) is 0 Å². The van der Waals surface area contributed by atoms with Crippen LogP contribution in [0.1, 0.15) is 13.8 Å². The van der Waals surface area contributed by atoms with E-state index >= 15 is 0 Å². The number of esters is 1. The summed E-state index contributed by atoms with van der Waals surface area (Å²) in [7, 11) is 2.82. The van der Waals surface area contributed by atoms with Crippen LogP contribution in [0, 0.1) is 0 Å². The molecule has 1 amide bonds. The quantitative estimate of drug-likeness (QED) is 0.496. The zero-order valence-corrected chi connectivity index (χ0v) is 9.46. The van der Waals surface area contributed by atoms with Crippen molar-refractivity contribution in [3.05, 3.63) is 0 Å². The summed E-state index contributed by atoms with van der Waals surface area (Å²) in [6.07, 6.45) is -1.33. The molecule has 0 bridgehead atoms. The maximum Gasteiger partial charge on any atom is 0.336 e. The fourth-order valence-corrected chi connectivity index (χ4v) is 0.743. The second-order valence-electron chi connectivity index (χ2n) is 3.62. The summed E-state index contributed by atoms with van der Waals surface area (Å²) in [6, 6.07) is 0. The Morgan fingerprint density at radius 1 is 1.47 bits per heavy atom. The molecule has 0 heterocycles. The minimum atomic E-state index is -1.33. The van der Waals surface area contributed by atoms with Crippen LogP contribution in [0.25, 0.3) is 0 Å². The van der Waals surface area contributed by atoms with Crippen molar-refractivity contribution in [2.24, 2.45) is 0 Å². The lowest BCUT2D eigenvalue weighted by molar-refractivity contribution is -0.150. The van der Waals surface area contributed by atoms with Crippen LogP contribution in [0.5, 0.6) is 0 Å². The number of rotatable bonds is 5. The Morgan fingerprint density at radius 3 is 2.40 bits per heavy atom. The second-order valence-corrected chi connectivity index (χ2v) is 3.62. The molecule has 0 saturated carbocycles. The van der Waals surface area contributed by atoms with Gasteiger partial charge < -0.3 is 20.5 Å². The number of likely N-dealkylation sites (N-methyl/N-ethyl adjacent to an activating group) is 1. The molecular formula is C9H18N2O4. The van der Waals surface area contributed by atoms with E-state index in [1.54, 1.807) is 20.9 Å². The third-order valence-electron chi connectivity index (χ3n) is 2.12. The normalized spacial score (nSPS) is 13.1. The van der Waals surface area contributed by atoms with Gasteiger partial charge in [-0.25, -0.2) is 4.79 Å². The topological polar surface area (TPSA) is 87.7 Å². The van der Waals surface area contributed by atoms with E-state index in [1.165, 1.54) is 7.11 Å². The van der Waals surface area contributed by atoms with Gasteiger partial charge in [0.2, 0.25) is 5.91 Å². The summed E-state index contributed by atoms with van der Waals surface area (Å²) in [5.74, 6) is -1.06. The fourth-order valence-electron chi connectivity index (χ4n) is 0.743. The number of amides is 1. The number of aliphatic hydroxyl groups excluding tert-OH is 1. The van der Waals surface area contributed by atoms with Crippen molar-refractivity contribution in [2.75, 3.05) is 20.7 Å². The molecule has 0 rings (SSSR count). The molecule has 6 nitrogen and oxygen atoms in total. The van der Waals surface area contributed by atoms with Crippen LogP contribution in [-0.2, 0) is 14.3 Å². The lowest BCUT2D eigenvalue weighted by Crippen LogP contribution is -2.53. The fraction of sp³-hybridized carbons (Fsp3) is 0.778. The molecule has 0 aliphatic heterocycles. The standard InChI is InChI=1S/C9H18N2O4/c1-9(2,10-3)8(14)11-5-6(12)7(13)15-4/h6,10,12H,5H2,1-4H3,(H,11,14). The molecule has 88 valence electrons. The number of aliphatic hydroxyl groups is 1. The smallest absolute Gasteiger partial charge is 0.336 e. The first-order valence-corrected chi connectivity index (χ1v) is 4.58. The van der Waals surface area contributed by atoms with Gasteiger partial charge in [0.1, 0.15) is 0 Å². The predicted octanol–water partition coefficient (Wildman–Crippen LogP) is -1.37. The van der Waals surface area contributed by atoms with E-state index in [1.807, 2.05) is 0 Å². The average molecular weight is 218 g/mol. The molecule has 6 heteroatoms. The monoisotopic (exact) mass is 218 g/mol. The zero-order valence-electron chi connectivity index (χ0n) is 9.46. The number of nitrogens with one attached hydrogen (secondary N) is 2. The molecular weight excluding hydrogens is 200 g/mol. The van der Waals surface area contributed by atoms with Gasteiger partial charge in [0.05, 0.1) is 19.2 Å². The highest BCUT2D eigenvalue weighted by molar-refractivity contribution is 5.86. The van der Waals surface area contributed by atoms with Gasteiger partial charge in [-0.15, -0.1) is 0 Å². The lowest BCUT2D eigenvalue weighted by Gasteiger charge is -2.23. The van der Waals surface area contributed by atoms with E-state index in [9.17, 15) is 14.7 Å². The van der Waals surface area contributed by atoms with Crippen LogP contribution < -0.4 is 10.6 Å². The minimum Gasteiger partial charge on any atom is -0.467 e. The van der Waals surface area contributed by atoms with E-state index in [0.29, 0.717) is 0 Å². The molecule has 0 aromatic carbocycles. The highest BCUT2D eigenvalue weighted by Crippen LogP contribution is 2.00. The molecule has 15 heavy (non-hydrogen) atoms. The number of hydrogen-bond donors (Lipinski definition) is 3. The van der Waals surface area contributed by atoms with E-state index in [2.05, 4.69) is 15.4 Å². The molecule has 0 saturated heterocycles. The van der Waals surface area contributed by atoms with E-state index < -0.39 is 17.6 Å². The third-order valence-corrected chi connectivity index (χ3v) is 2.12. The van der Waals surface area contributed by atoms with Gasteiger partial charge in [-0.2, -0.15) is 0 Å². The van der Waals surface area contributed by atoms with Gasteiger partial charge in [-0.3, -0.25) is 4.79 Å². The van der Waals surface area contributed by atoms with E-state index in [4.69, 9.17) is 0 Å². The molecule has 0 aromatic rings. The van der Waals surface area contributed by atoms with Crippen molar-refractivity contribution in [3.8, 4) is 0 Å². The maximum atomic E-state index is 11.5. The van der Waals surface area contributed by atoms with Gasteiger partial charge in [0.25, 0.3) is 0 Å². The number of carbonyl (C=O) groups excluding carboxylic acids is 2. The molecule has 0 aliphatic rings. The highest BCUT2D eigenvalue weighted by Gasteiger charge is 2.26. The van der Waals surface area contributed by atoms with Crippen molar-refractivity contribution in [2.45, 2.75) is 25.5 Å². The zero-order chi connectivity index (χ0) is 12.1. The summed E-state index contributed by atoms with van der Waals surface area (Å²) in [5.41, 5.74) is -0.740. The van der Waals surface area contributed by atoms with Gasteiger partial charge in [0.15, 0.2) is 6.10 Å². The third kappa shape index (κ3) is 4.26. The van der Waals surface area contributed by atoms with Crippen LogP contribution in [0.4, 0.5) is 0 Å². The van der Waals surface area contributed by atoms with Crippen LogP contribution in [0.2, 0.25) is 0 Å². The summed E-state index contributed by atoms with van der Waals surface area (Å²) < 4.78 is 4.30. The van der Waals surface area contributed by atoms with Crippen LogP contribution >= 0.6 is 0 Å². The van der Waals surface area contributed by atoms with Crippen molar-refractivity contribution >= 4 is 11.9 Å². The highest BCUT2D eigenvalue weighted by atomic mass is 16.5. The number of hydrogen-bond acceptors (Lipinski definition) is 5. The summed E-state index contributed by atoms with van der Waals surface area (Å²) in [4.78, 5) is 22.3. The maximum absolute atomic E-state index is 11.5. The van der Waals surface area contributed by atoms with E-state index in [-0.39, 0.29) is 12.5 Å². The second kappa shape index (κ2) is 5.67. The van der Waals surface area contributed by atoms with Crippen molar-refractivity contribution in [3.63, 3.8) is 0 Å². The van der Waals surface area contributed by atoms with Crippen LogP contribution in [-0.4, -0.2) is 49.3 Å². The Balaban J connectivity index is 4.07. The number of methoxy groups -OCH3 is 1. The Morgan fingerprint density at radius 2 is 2.00 bits per heavy atom. The molecule has 0 aliphatic carbocycles. The number of carbonyl (C=O) groups is 2. The minimum absolute atomic E-state index is 0.156. The molecule has 0 spiro atoms. The Kier molecular flexibility index (Phi) is 5.24. The lowest BCUT2D eigenvalue weighted by atomic mass is 10.1. The first-order valence-electron chi connectivity index (χ1n) is 4.58. The van der Waals surface area contributed by atoms with Gasteiger partial charge in [-0.05, 0) is 20.9 Å². The van der Waals surface area contributed by atoms with Gasteiger partial charge >= 0.3 is 5.97 Å². The SMILES string of the molecule is CNC(C)(C)C(=O)NCC(O)C(=O)OC. The molecule has 0 radical (unpaired) electrons. The first kappa shape index (κ1) is 13.9. The molecule has 1 atom stereocenters. The van der Waals surface area contributed by atoms with Gasteiger partial charge in [0, 0.05) is 0 Å². The molecule has 0 fully saturated rings. The Hall–Kier alpha value is -1.14. The number of ether oxygens (including phenoxy) is 1. The summed E-state index contributed by atoms with van der Waals surface area (Å²) in [5, 5.41) is 14.4. The molecule has 0 aromatic heterocycles. The molecule has 3 N–H and O–H groups in total. The summed E-state index contributed by atoms with van der Waals surface area (Å²) in [6.45, 7) is 3.22.